The Hall–Kier alpha value is -2.67. The van der Waals surface area contributed by atoms with E-state index in [1.165, 1.54) is 10.9 Å². The molecule has 7 nitrogen and oxygen atoms in total. The average Bonchev–Trinajstić information content (AvgIpc) is 3.14. The summed E-state index contributed by atoms with van der Waals surface area (Å²) in [7, 11) is 0. The van der Waals surface area contributed by atoms with Gasteiger partial charge in [-0.1, -0.05) is 28.9 Å². The van der Waals surface area contributed by atoms with Gasteiger partial charge in [-0.25, -0.2) is 4.68 Å². The highest BCUT2D eigenvalue weighted by Crippen LogP contribution is 2.18. The van der Waals surface area contributed by atoms with Gasteiger partial charge in [0.25, 0.3) is 5.91 Å². The summed E-state index contributed by atoms with van der Waals surface area (Å²) in [6.07, 6.45) is 1.53. The Morgan fingerprint density at radius 1 is 1.41 bits per heavy atom. The van der Waals surface area contributed by atoms with Crippen LogP contribution in [0.5, 0.6) is 0 Å². The van der Waals surface area contributed by atoms with Gasteiger partial charge in [0.2, 0.25) is 0 Å². The van der Waals surface area contributed by atoms with Crippen molar-refractivity contribution in [2.75, 3.05) is 0 Å². The average molecular weight is 317 g/mol. The van der Waals surface area contributed by atoms with Gasteiger partial charge in [0.1, 0.15) is 0 Å². The Morgan fingerprint density at radius 3 is 2.95 bits per heavy atom. The molecule has 3 aromatic rings. The van der Waals surface area contributed by atoms with Crippen molar-refractivity contribution < 1.29 is 4.79 Å². The lowest BCUT2D eigenvalue weighted by molar-refractivity contribution is 0.0945. The number of aromatic amines is 1. The van der Waals surface area contributed by atoms with Gasteiger partial charge in [0.15, 0.2) is 5.69 Å². The number of aryl methyl sites for hydroxylation is 1. The molecule has 0 bridgehead atoms. The van der Waals surface area contributed by atoms with Gasteiger partial charge < -0.3 is 5.32 Å². The number of carbonyl (C=O) groups excluding carboxylic acids is 1. The molecular formula is C14H13ClN6O. The van der Waals surface area contributed by atoms with Crippen molar-refractivity contribution in [2.45, 2.75) is 13.5 Å². The number of rotatable bonds is 4. The second-order valence-corrected chi connectivity index (χ2v) is 5.13. The smallest absolute Gasteiger partial charge is 0.273 e. The molecule has 112 valence electrons. The third kappa shape index (κ3) is 2.99. The topological polar surface area (TPSA) is 88.5 Å². The van der Waals surface area contributed by atoms with E-state index in [-0.39, 0.29) is 11.6 Å². The molecule has 0 saturated heterocycles. The van der Waals surface area contributed by atoms with E-state index in [0.717, 1.165) is 11.4 Å². The molecule has 0 aliphatic carbocycles. The van der Waals surface area contributed by atoms with E-state index in [4.69, 9.17) is 11.6 Å². The van der Waals surface area contributed by atoms with E-state index >= 15 is 0 Å². The molecular weight excluding hydrogens is 304 g/mol. The third-order valence-electron chi connectivity index (χ3n) is 3.01. The predicted octanol–water partition coefficient (Wildman–Crippen LogP) is 1.88. The third-order valence-corrected chi connectivity index (χ3v) is 3.33. The molecule has 2 aromatic heterocycles. The first-order valence-corrected chi connectivity index (χ1v) is 6.97. The zero-order valence-corrected chi connectivity index (χ0v) is 12.5. The summed E-state index contributed by atoms with van der Waals surface area (Å²) >= 11 is 6.09. The summed E-state index contributed by atoms with van der Waals surface area (Å²) in [5.74, 6) is -0.320. The van der Waals surface area contributed by atoms with Gasteiger partial charge in [0, 0.05) is 5.69 Å². The number of hydrogen-bond acceptors (Lipinski definition) is 4. The van der Waals surface area contributed by atoms with Crippen molar-refractivity contribution >= 4 is 17.5 Å². The van der Waals surface area contributed by atoms with Crippen molar-refractivity contribution in [1.82, 2.24) is 30.5 Å². The molecule has 0 saturated carbocycles. The zero-order valence-electron chi connectivity index (χ0n) is 11.7. The fourth-order valence-electron chi connectivity index (χ4n) is 1.95. The quantitative estimate of drug-likeness (QED) is 0.769. The number of H-pyrrole nitrogens is 1. The first-order chi connectivity index (χ1) is 10.6. The molecule has 0 unspecified atom stereocenters. The van der Waals surface area contributed by atoms with E-state index in [1.54, 1.807) is 12.1 Å². The minimum atomic E-state index is -0.320. The maximum atomic E-state index is 12.1. The lowest BCUT2D eigenvalue weighted by Crippen LogP contribution is -2.23. The summed E-state index contributed by atoms with van der Waals surface area (Å²) in [6.45, 7) is 2.22. The number of amides is 1. The van der Waals surface area contributed by atoms with E-state index in [2.05, 4.69) is 25.8 Å². The van der Waals surface area contributed by atoms with E-state index in [0.29, 0.717) is 17.3 Å². The van der Waals surface area contributed by atoms with Crippen molar-refractivity contribution in [3.8, 4) is 5.69 Å². The van der Waals surface area contributed by atoms with Crippen LogP contribution in [0.4, 0.5) is 0 Å². The maximum absolute atomic E-state index is 12.1. The van der Waals surface area contributed by atoms with Crippen molar-refractivity contribution in [1.29, 1.82) is 0 Å². The summed E-state index contributed by atoms with van der Waals surface area (Å²) in [5.41, 5.74) is 2.57. The Balaban J connectivity index is 1.70. The largest absolute Gasteiger partial charge is 0.345 e. The Bertz CT molecular complexity index is 809. The Morgan fingerprint density at radius 2 is 2.23 bits per heavy atom. The summed E-state index contributed by atoms with van der Waals surface area (Å²) in [5, 5.41) is 17.9. The van der Waals surface area contributed by atoms with Crippen LogP contribution in [0.3, 0.4) is 0 Å². The monoisotopic (exact) mass is 316 g/mol. The molecule has 0 fully saturated rings. The van der Waals surface area contributed by atoms with Gasteiger partial charge in [-0.05, 0) is 25.1 Å². The number of hydrogen-bond donors (Lipinski definition) is 2. The highest BCUT2D eigenvalue weighted by Gasteiger charge is 2.13. The number of aromatic nitrogens is 5. The van der Waals surface area contributed by atoms with Crippen LogP contribution < -0.4 is 5.32 Å². The standard InChI is InChI=1S/C14H13ClN6O/c1-9-6-10(18-17-9)7-16-14(22)12-8-21(20-19-12)13-5-3-2-4-11(13)15/h2-6,8H,7H2,1H3,(H,16,22)(H,17,18). The van der Waals surface area contributed by atoms with Crippen LogP contribution in [0.15, 0.2) is 36.5 Å². The van der Waals surface area contributed by atoms with E-state index < -0.39 is 0 Å². The molecule has 1 amide bonds. The van der Waals surface area contributed by atoms with Gasteiger partial charge in [-0.15, -0.1) is 5.10 Å². The molecule has 0 atom stereocenters. The van der Waals surface area contributed by atoms with Crippen LogP contribution in [-0.2, 0) is 6.54 Å². The number of para-hydroxylation sites is 1. The lowest BCUT2D eigenvalue weighted by Gasteiger charge is -2.01. The second-order valence-electron chi connectivity index (χ2n) is 4.72. The van der Waals surface area contributed by atoms with Gasteiger partial charge >= 0.3 is 0 Å². The summed E-state index contributed by atoms with van der Waals surface area (Å²) in [6, 6.07) is 9.06. The molecule has 2 N–H and O–H groups in total. The number of benzene rings is 1. The zero-order chi connectivity index (χ0) is 15.5. The predicted molar refractivity (Wildman–Crippen MR) is 80.9 cm³/mol. The van der Waals surface area contributed by atoms with Crippen molar-refractivity contribution in [3.63, 3.8) is 0 Å². The fourth-order valence-corrected chi connectivity index (χ4v) is 2.17. The van der Waals surface area contributed by atoms with E-state index in [1.807, 2.05) is 25.1 Å². The SMILES string of the molecule is Cc1cc(CNC(=O)c2cn(-c3ccccc3Cl)nn2)n[nH]1. The normalized spacial score (nSPS) is 10.6. The molecule has 0 radical (unpaired) electrons. The molecule has 0 aliphatic rings. The molecule has 3 rings (SSSR count). The summed E-state index contributed by atoms with van der Waals surface area (Å²) < 4.78 is 1.47. The van der Waals surface area contributed by atoms with Crippen LogP contribution in [0.2, 0.25) is 5.02 Å². The van der Waals surface area contributed by atoms with Gasteiger partial charge in [0.05, 0.1) is 29.1 Å². The Labute approximate surface area is 131 Å². The molecule has 22 heavy (non-hydrogen) atoms. The fraction of sp³-hybridized carbons (Fsp3) is 0.143. The number of nitrogens with one attached hydrogen (secondary N) is 2. The number of carbonyl (C=O) groups is 1. The molecule has 1 aromatic carbocycles. The molecule has 2 heterocycles. The molecule has 0 aliphatic heterocycles. The first-order valence-electron chi connectivity index (χ1n) is 6.60. The van der Waals surface area contributed by atoms with E-state index in [9.17, 15) is 4.79 Å². The maximum Gasteiger partial charge on any atom is 0.273 e. The highest BCUT2D eigenvalue weighted by atomic mass is 35.5. The van der Waals surface area contributed by atoms with Crippen LogP contribution in [-0.4, -0.2) is 31.1 Å². The Kier molecular flexibility index (Phi) is 3.88. The first kappa shape index (κ1) is 14.3. The van der Waals surface area contributed by atoms with Gasteiger partial charge in [-0.2, -0.15) is 5.10 Å². The number of nitrogens with zero attached hydrogens (tertiary/aromatic N) is 4. The highest BCUT2D eigenvalue weighted by molar-refractivity contribution is 6.32. The lowest BCUT2D eigenvalue weighted by atomic mass is 10.3. The van der Waals surface area contributed by atoms with Crippen molar-refractivity contribution in [3.05, 3.63) is 58.6 Å². The summed E-state index contributed by atoms with van der Waals surface area (Å²) in [4.78, 5) is 12.1. The van der Waals surface area contributed by atoms with Crippen molar-refractivity contribution in [2.24, 2.45) is 0 Å². The van der Waals surface area contributed by atoms with Crippen LogP contribution >= 0.6 is 11.6 Å². The van der Waals surface area contributed by atoms with Gasteiger partial charge in [-0.3, -0.25) is 9.89 Å². The minimum absolute atomic E-state index is 0.215. The van der Waals surface area contributed by atoms with Crippen LogP contribution in [0.1, 0.15) is 21.9 Å². The molecule has 8 heteroatoms. The van der Waals surface area contributed by atoms with Crippen LogP contribution in [0, 0.1) is 6.92 Å². The molecule has 0 spiro atoms. The number of halogens is 1. The minimum Gasteiger partial charge on any atom is -0.345 e. The second kappa shape index (κ2) is 5.98. The van der Waals surface area contributed by atoms with Crippen LogP contribution in [0.25, 0.3) is 5.69 Å².